The Morgan fingerprint density at radius 2 is 1.79 bits per heavy atom. The Morgan fingerprint density at radius 1 is 1.14 bits per heavy atom. The molecule has 3 aromatic rings. The molecule has 1 unspecified atom stereocenters. The fourth-order valence-electron chi connectivity index (χ4n) is 2.93. The predicted octanol–water partition coefficient (Wildman–Crippen LogP) is 4.78. The van der Waals surface area contributed by atoms with E-state index < -0.39 is 29.4 Å². The number of carbonyl (C=O) groups is 1. The Kier molecular flexibility index (Phi) is 5.91. The lowest BCUT2D eigenvalue weighted by Crippen LogP contribution is -2.29. The van der Waals surface area contributed by atoms with Gasteiger partial charge in [0.15, 0.2) is 5.69 Å². The Morgan fingerprint density at radius 3 is 2.38 bits per heavy atom. The number of aromatic nitrogens is 2. The molecule has 1 amide bonds. The lowest BCUT2D eigenvalue weighted by Gasteiger charge is -2.16. The van der Waals surface area contributed by atoms with E-state index in [0.29, 0.717) is 12.4 Å². The number of ether oxygens (including phenoxy) is 1. The average Bonchev–Trinajstić information content (AvgIpc) is 3.15. The molecule has 29 heavy (non-hydrogen) atoms. The first-order chi connectivity index (χ1) is 13.8. The van der Waals surface area contributed by atoms with E-state index in [-0.39, 0.29) is 5.69 Å². The minimum absolute atomic E-state index is 0.221. The van der Waals surface area contributed by atoms with Crippen LogP contribution in [0.4, 0.5) is 13.2 Å². The molecule has 0 aliphatic rings. The van der Waals surface area contributed by atoms with Crippen LogP contribution in [0.15, 0.2) is 60.8 Å². The van der Waals surface area contributed by atoms with Crippen LogP contribution < -0.4 is 10.1 Å². The zero-order chi connectivity index (χ0) is 21.0. The second-order valence-electron chi connectivity index (χ2n) is 6.35. The third kappa shape index (κ3) is 4.59. The van der Waals surface area contributed by atoms with Crippen LogP contribution in [0.5, 0.6) is 5.75 Å². The smallest absolute Gasteiger partial charge is 0.434 e. The number of nitrogens with zero attached hydrogens (tertiary/aromatic N) is 2. The van der Waals surface area contributed by atoms with Crippen molar-refractivity contribution in [2.24, 2.45) is 0 Å². The average molecular weight is 403 g/mol. The summed E-state index contributed by atoms with van der Waals surface area (Å²) in [6, 6.07) is 14.4. The highest BCUT2D eigenvalue weighted by molar-refractivity contribution is 5.95. The van der Waals surface area contributed by atoms with Crippen LogP contribution >= 0.6 is 0 Å². The molecule has 2 aromatic carbocycles. The Labute approximate surface area is 166 Å². The highest BCUT2D eigenvalue weighted by Crippen LogP contribution is 2.34. The number of para-hydroxylation sites is 1. The summed E-state index contributed by atoms with van der Waals surface area (Å²) >= 11 is 0. The van der Waals surface area contributed by atoms with E-state index >= 15 is 0 Å². The first kappa shape index (κ1) is 20.4. The van der Waals surface area contributed by atoms with Crippen molar-refractivity contribution in [1.82, 2.24) is 15.1 Å². The molecule has 1 aromatic heterocycles. The van der Waals surface area contributed by atoms with Crippen molar-refractivity contribution in [3.05, 3.63) is 77.6 Å². The molecule has 152 valence electrons. The third-order valence-corrected chi connectivity index (χ3v) is 4.32. The van der Waals surface area contributed by atoms with Gasteiger partial charge in [-0.1, -0.05) is 30.3 Å². The van der Waals surface area contributed by atoms with Gasteiger partial charge in [0, 0.05) is 0 Å². The monoisotopic (exact) mass is 403 g/mol. The van der Waals surface area contributed by atoms with E-state index in [2.05, 4.69) is 10.4 Å². The molecule has 8 heteroatoms. The maximum Gasteiger partial charge on any atom is 0.434 e. The summed E-state index contributed by atoms with van der Waals surface area (Å²) < 4.78 is 47.2. The minimum atomic E-state index is -4.75. The molecular weight excluding hydrogens is 383 g/mol. The fourth-order valence-corrected chi connectivity index (χ4v) is 2.93. The highest BCUT2D eigenvalue weighted by atomic mass is 19.4. The number of benzene rings is 2. The van der Waals surface area contributed by atoms with Crippen molar-refractivity contribution >= 4 is 5.91 Å². The molecule has 5 nitrogen and oxygen atoms in total. The van der Waals surface area contributed by atoms with Crippen LogP contribution in [-0.2, 0) is 6.18 Å². The Bertz CT molecular complexity index is 967. The van der Waals surface area contributed by atoms with Crippen LogP contribution in [0.3, 0.4) is 0 Å². The molecular formula is C21H20F3N3O2. The zero-order valence-corrected chi connectivity index (χ0v) is 15.9. The van der Waals surface area contributed by atoms with Gasteiger partial charge < -0.3 is 10.1 Å². The van der Waals surface area contributed by atoms with Crippen LogP contribution in [0.25, 0.3) is 5.69 Å². The molecule has 0 aliphatic carbocycles. The number of hydrogen-bond acceptors (Lipinski definition) is 3. The lowest BCUT2D eigenvalue weighted by atomic mass is 10.1. The summed E-state index contributed by atoms with van der Waals surface area (Å²) in [7, 11) is 0. The molecule has 0 radical (unpaired) electrons. The first-order valence-electron chi connectivity index (χ1n) is 9.05. The first-order valence-corrected chi connectivity index (χ1v) is 9.05. The molecule has 0 saturated carbocycles. The van der Waals surface area contributed by atoms with E-state index in [1.54, 1.807) is 49.4 Å². The van der Waals surface area contributed by atoms with Gasteiger partial charge in [-0.25, -0.2) is 4.68 Å². The largest absolute Gasteiger partial charge is 0.494 e. The number of hydrogen-bond donors (Lipinski definition) is 1. The summed E-state index contributed by atoms with van der Waals surface area (Å²) in [5.41, 5.74) is -0.677. The van der Waals surface area contributed by atoms with Gasteiger partial charge in [-0.2, -0.15) is 18.3 Å². The quantitative estimate of drug-likeness (QED) is 0.644. The van der Waals surface area contributed by atoms with Crippen molar-refractivity contribution in [2.75, 3.05) is 6.61 Å². The summed E-state index contributed by atoms with van der Waals surface area (Å²) in [4.78, 5) is 12.6. The summed E-state index contributed by atoms with van der Waals surface area (Å²) in [5.74, 6) is -0.167. The SMILES string of the molecule is CCOc1ccc(C(C)NC(=O)c2cnn(-c3ccccc3)c2C(F)(F)F)cc1. The van der Waals surface area contributed by atoms with Gasteiger partial charge in [-0.15, -0.1) is 0 Å². The van der Waals surface area contributed by atoms with Crippen molar-refractivity contribution in [1.29, 1.82) is 0 Å². The van der Waals surface area contributed by atoms with Crippen molar-refractivity contribution < 1.29 is 22.7 Å². The van der Waals surface area contributed by atoms with Crippen LogP contribution in [0.1, 0.15) is 41.5 Å². The second-order valence-corrected chi connectivity index (χ2v) is 6.35. The maximum atomic E-state index is 13.7. The van der Waals surface area contributed by atoms with E-state index in [1.165, 1.54) is 12.1 Å². The normalized spacial score (nSPS) is 12.4. The van der Waals surface area contributed by atoms with Crippen LogP contribution in [0, 0.1) is 0 Å². The van der Waals surface area contributed by atoms with Crippen molar-refractivity contribution in [2.45, 2.75) is 26.1 Å². The van der Waals surface area contributed by atoms with E-state index in [1.807, 2.05) is 6.92 Å². The predicted molar refractivity (Wildman–Crippen MR) is 102 cm³/mol. The van der Waals surface area contributed by atoms with Gasteiger partial charge in [0.2, 0.25) is 0 Å². The standard InChI is InChI=1S/C21H20F3N3O2/c1-3-29-17-11-9-15(10-12-17)14(2)26-20(28)18-13-25-27(19(18)21(22,23)24)16-7-5-4-6-8-16/h4-14H,3H2,1-2H3,(H,26,28). The third-order valence-electron chi connectivity index (χ3n) is 4.32. The molecule has 0 fully saturated rings. The fraction of sp³-hybridized carbons (Fsp3) is 0.238. The summed E-state index contributed by atoms with van der Waals surface area (Å²) in [5, 5.41) is 6.41. The molecule has 0 aliphatic heterocycles. The van der Waals surface area contributed by atoms with Gasteiger partial charge in [-0.3, -0.25) is 4.79 Å². The highest BCUT2D eigenvalue weighted by Gasteiger charge is 2.40. The van der Waals surface area contributed by atoms with Gasteiger partial charge >= 0.3 is 6.18 Å². The number of halogens is 3. The minimum Gasteiger partial charge on any atom is -0.494 e. The number of carbonyl (C=O) groups excluding carboxylic acids is 1. The Balaban J connectivity index is 1.86. The summed E-state index contributed by atoms with van der Waals surface area (Å²) in [6.07, 6.45) is -3.81. The van der Waals surface area contributed by atoms with Gasteiger partial charge in [-0.05, 0) is 43.7 Å². The van der Waals surface area contributed by atoms with E-state index in [4.69, 9.17) is 4.74 Å². The molecule has 1 heterocycles. The zero-order valence-electron chi connectivity index (χ0n) is 15.9. The molecule has 0 spiro atoms. The number of alkyl halides is 3. The van der Waals surface area contributed by atoms with E-state index in [0.717, 1.165) is 16.4 Å². The van der Waals surface area contributed by atoms with Gasteiger partial charge in [0.05, 0.1) is 30.1 Å². The van der Waals surface area contributed by atoms with Crippen molar-refractivity contribution in [3.63, 3.8) is 0 Å². The van der Waals surface area contributed by atoms with Crippen LogP contribution in [-0.4, -0.2) is 22.3 Å². The van der Waals surface area contributed by atoms with Gasteiger partial charge in [0.25, 0.3) is 5.91 Å². The molecule has 1 N–H and O–H groups in total. The van der Waals surface area contributed by atoms with Crippen molar-refractivity contribution in [3.8, 4) is 11.4 Å². The van der Waals surface area contributed by atoms with Crippen LogP contribution in [0.2, 0.25) is 0 Å². The number of rotatable bonds is 6. The Hall–Kier alpha value is -3.29. The maximum absolute atomic E-state index is 13.7. The molecule has 3 rings (SSSR count). The number of amides is 1. The summed E-state index contributed by atoms with van der Waals surface area (Å²) in [6.45, 7) is 4.09. The molecule has 0 bridgehead atoms. The number of nitrogens with one attached hydrogen (secondary N) is 1. The second kappa shape index (κ2) is 8.38. The topological polar surface area (TPSA) is 56.1 Å². The van der Waals surface area contributed by atoms with E-state index in [9.17, 15) is 18.0 Å². The lowest BCUT2D eigenvalue weighted by molar-refractivity contribution is -0.143. The molecule has 1 atom stereocenters. The molecule has 0 saturated heterocycles. The van der Waals surface area contributed by atoms with Gasteiger partial charge in [0.1, 0.15) is 5.75 Å².